The van der Waals surface area contributed by atoms with Crippen LogP contribution in [0.3, 0.4) is 0 Å². The summed E-state index contributed by atoms with van der Waals surface area (Å²) >= 11 is 0. The zero-order valence-electron chi connectivity index (χ0n) is 10.6. The molecule has 1 rings (SSSR count). The molecular formula is C13H18N2O4. The van der Waals surface area contributed by atoms with Gasteiger partial charge in [-0.2, -0.15) is 0 Å². The molecule has 0 fully saturated rings. The van der Waals surface area contributed by atoms with Gasteiger partial charge in [-0.05, 0) is 12.5 Å². The number of hydrogen-bond acceptors (Lipinski definition) is 4. The number of carboxylic acid groups (broad SMARTS) is 1. The number of carbonyl (C=O) groups is 2. The second-order valence-corrected chi connectivity index (χ2v) is 4.35. The van der Waals surface area contributed by atoms with Crippen LogP contribution in [0.15, 0.2) is 30.3 Å². The molecule has 19 heavy (non-hydrogen) atoms. The molecule has 1 unspecified atom stereocenters. The minimum atomic E-state index is -1.32. The summed E-state index contributed by atoms with van der Waals surface area (Å²) in [6.07, 6.45) is -1.21. The van der Waals surface area contributed by atoms with Crippen LogP contribution in [0.5, 0.6) is 0 Å². The van der Waals surface area contributed by atoms with Crippen molar-refractivity contribution in [2.45, 2.75) is 31.5 Å². The van der Waals surface area contributed by atoms with Crippen LogP contribution in [-0.2, 0) is 9.59 Å². The first kappa shape index (κ1) is 15.1. The number of amides is 1. The van der Waals surface area contributed by atoms with Crippen LogP contribution >= 0.6 is 0 Å². The number of carbonyl (C=O) groups excluding carboxylic acids is 1. The maximum atomic E-state index is 11.7. The molecule has 0 heterocycles. The topological polar surface area (TPSA) is 113 Å². The highest BCUT2D eigenvalue weighted by molar-refractivity contribution is 5.84. The predicted molar refractivity (Wildman–Crippen MR) is 69.2 cm³/mol. The maximum absolute atomic E-state index is 11.7. The van der Waals surface area contributed by atoms with E-state index in [1.807, 2.05) is 18.2 Å². The average Bonchev–Trinajstić information content (AvgIpc) is 2.36. The van der Waals surface area contributed by atoms with E-state index in [1.165, 1.54) is 6.92 Å². The molecule has 1 amide bonds. The third-order valence-electron chi connectivity index (χ3n) is 2.70. The van der Waals surface area contributed by atoms with Crippen molar-refractivity contribution < 1.29 is 19.8 Å². The molecule has 5 N–H and O–H groups in total. The van der Waals surface area contributed by atoms with E-state index in [0.29, 0.717) is 0 Å². The van der Waals surface area contributed by atoms with Crippen LogP contribution in [-0.4, -0.2) is 34.2 Å². The molecule has 6 heteroatoms. The Labute approximate surface area is 111 Å². The highest BCUT2D eigenvalue weighted by Gasteiger charge is 2.25. The quantitative estimate of drug-likeness (QED) is 0.580. The fraction of sp³-hybridized carbons (Fsp3) is 0.385. The van der Waals surface area contributed by atoms with Crippen molar-refractivity contribution in [2.75, 3.05) is 0 Å². The number of aliphatic carboxylic acids is 1. The van der Waals surface area contributed by atoms with Gasteiger partial charge in [0.15, 0.2) is 6.04 Å². The molecule has 6 nitrogen and oxygen atoms in total. The van der Waals surface area contributed by atoms with Crippen molar-refractivity contribution in [3.63, 3.8) is 0 Å². The lowest BCUT2D eigenvalue weighted by molar-refractivity contribution is -0.144. The number of carboxylic acids is 1. The van der Waals surface area contributed by atoms with Gasteiger partial charge < -0.3 is 21.3 Å². The first-order valence-corrected chi connectivity index (χ1v) is 5.92. The summed E-state index contributed by atoms with van der Waals surface area (Å²) in [5.41, 5.74) is 6.65. The maximum Gasteiger partial charge on any atom is 0.328 e. The number of aliphatic hydroxyl groups excluding tert-OH is 1. The highest BCUT2D eigenvalue weighted by atomic mass is 16.4. The number of benzene rings is 1. The Morgan fingerprint density at radius 2 is 1.89 bits per heavy atom. The smallest absolute Gasteiger partial charge is 0.328 e. The lowest BCUT2D eigenvalue weighted by Gasteiger charge is -2.18. The van der Waals surface area contributed by atoms with Gasteiger partial charge in [0.25, 0.3) is 0 Å². The van der Waals surface area contributed by atoms with Gasteiger partial charge in [-0.3, -0.25) is 4.79 Å². The van der Waals surface area contributed by atoms with E-state index in [1.54, 1.807) is 12.1 Å². The van der Waals surface area contributed by atoms with E-state index < -0.39 is 30.1 Å². The van der Waals surface area contributed by atoms with Crippen LogP contribution in [0.4, 0.5) is 0 Å². The third-order valence-corrected chi connectivity index (χ3v) is 2.70. The molecule has 104 valence electrons. The third kappa shape index (κ3) is 4.69. The normalized spacial score (nSPS) is 15.3. The Morgan fingerprint density at radius 3 is 2.37 bits per heavy atom. The Balaban J connectivity index is 2.58. The Hall–Kier alpha value is -1.92. The van der Waals surface area contributed by atoms with E-state index in [4.69, 9.17) is 10.8 Å². The first-order chi connectivity index (χ1) is 8.91. The van der Waals surface area contributed by atoms with E-state index in [0.717, 1.165) is 5.56 Å². The number of nitrogens with two attached hydrogens (primary N) is 1. The molecule has 0 aromatic heterocycles. The van der Waals surface area contributed by atoms with Gasteiger partial charge >= 0.3 is 5.97 Å². The number of nitrogens with one attached hydrogen (secondary N) is 1. The summed E-state index contributed by atoms with van der Waals surface area (Å²) < 4.78 is 0. The van der Waals surface area contributed by atoms with Crippen molar-refractivity contribution in [3.05, 3.63) is 35.9 Å². The van der Waals surface area contributed by atoms with Crippen molar-refractivity contribution in [1.82, 2.24) is 5.32 Å². The van der Waals surface area contributed by atoms with E-state index in [-0.39, 0.29) is 6.42 Å². The van der Waals surface area contributed by atoms with Crippen LogP contribution < -0.4 is 11.1 Å². The Bertz CT molecular complexity index is 434. The lowest BCUT2D eigenvalue weighted by Crippen LogP contribution is -2.48. The van der Waals surface area contributed by atoms with Gasteiger partial charge in [0, 0.05) is 12.5 Å². The van der Waals surface area contributed by atoms with Gasteiger partial charge in [-0.1, -0.05) is 30.3 Å². The Morgan fingerprint density at radius 1 is 1.32 bits per heavy atom. The van der Waals surface area contributed by atoms with Crippen molar-refractivity contribution in [1.29, 1.82) is 0 Å². The fourth-order valence-electron chi connectivity index (χ4n) is 1.64. The minimum absolute atomic E-state index is 0.0412. The molecule has 1 aromatic rings. The summed E-state index contributed by atoms with van der Waals surface area (Å²) in [4.78, 5) is 22.5. The van der Waals surface area contributed by atoms with Crippen LogP contribution in [0.25, 0.3) is 0 Å². The van der Waals surface area contributed by atoms with Crippen LogP contribution in [0.1, 0.15) is 24.9 Å². The zero-order chi connectivity index (χ0) is 14.4. The van der Waals surface area contributed by atoms with Gasteiger partial charge in [0.2, 0.25) is 5.91 Å². The van der Waals surface area contributed by atoms with Crippen molar-refractivity contribution in [2.24, 2.45) is 5.73 Å². The molecule has 0 aliphatic carbocycles. The second kappa shape index (κ2) is 6.86. The molecular weight excluding hydrogens is 248 g/mol. The number of hydrogen-bond donors (Lipinski definition) is 4. The minimum Gasteiger partial charge on any atom is -0.480 e. The lowest BCUT2D eigenvalue weighted by atomic mass is 10.0. The summed E-state index contributed by atoms with van der Waals surface area (Å²) in [5, 5.41) is 20.3. The van der Waals surface area contributed by atoms with Gasteiger partial charge in [-0.15, -0.1) is 0 Å². The standard InChI is InChI=1S/C13H18N2O4/c1-8(16)12(13(18)19)15-11(17)7-10(14)9-5-3-2-4-6-9/h2-6,8,10,12,16H,7,14H2,1H3,(H,15,17)(H,18,19)/t8-,10?,12+/m1/s1. The van der Waals surface area contributed by atoms with E-state index in [9.17, 15) is 14.7 Å². The molecule has 0 aliphatic heterocycles. The molecule has 0 spiro atoms. The number of rotatable bonds is 6. The largest absolute Gasteiger partial charge is 0.480 e. The average molecular weight is 266 g/mol. The monoisotopic (exact) mass is 266 g/mol. The predicted octanol–water partition coefficient (Wildman–Crippen LogP) is 0.0267. The summed E-state index contributed by atoms with van der Waals surface area (Å²) in [6, 6.07) is 7.21. The van der Waals surface area contributed by atoms with E-state index in [2.05, 4.69) is 5.32 Å². The first-order valence-electron chi connectivity index (χ1n) is 5.92. The molecule has 0 radical (unpaired) electrons. The van der Waals surface area contributed by atoms with E-state index >= 15 is 0 Å². The fourth-order valence-corrected chi connectivity index (χ4v) is 1.64. The summed E-state index contributed by atoms with van der Waals surface area (Å²) in [6.45, 7) is 1.30. The molecule has 0 bridgehead atoms. The SMILES string of the molecule is C[C@@H](O)[C@H](NC(=O)CC(N)c1ccccc1)C(=O)O. The molecule has 1 aromatic carbocycles. The zero-order valence-corrected chi connectivity index (χ0v) is 10.6. The van der Waals surface area contributed by atoms with Crippen molar-refractivity contribution >= 4 is 11.9 Å². The van der Waals surface area contributed by atoms with Crippen LogP contribution in [0.2, 0.25) is 0 Å². The Kier molecular flexibility index (Phi) is 5.47. The molecule has 0 saturated heterocycles. The van der Waals surface area contributed by atoms with Gasteiger partial charge in [-0.25, -0.2) is 4.79 Å². The van der Waals surface area contributed by atoms with Crippen molar-refractivity contribution in [3.8, 4) is 0 Å². The molecule has 0 saturated carbocycles. The summed E-state index contributed by atoms with van der Waals surface area (Å²) in [7, 11) is 0. The van der Waals surface area contributed by atoms with Crippen LogP contribution in [0, 0.1) is 0 Å². The molecule has 3 atom stereocenters. The number of aliphatic hydroxyl groups is 1. The second-order valence-electron chi connectivity index (χ2n) is 4.35. The highest BCUT2D eigenvalue weighted by Crippen LogP contribution is 2.13. The van der Waals surface area contributed by atoms with Gasteiger partial charge in [0.05, 0.1) is 6.10 Å². The molecule has 0 aliphatic rings. The summed E-state index contributed by atoms with van der Waals surface area (Å²) in [5.74, 6) is -1.79. The van der Waals surface area contributed by atoms with Gasteiger partial charge in [0.1, 0.15) is 0 Å².